The summed E-state index contributed by atoms with van der Waals surface area (Å²) in [6.45, 7) is 1.83. The predicted molar refractivity (Wildman–Crippen MR) is 88.6 cm³/mol. The summed E-state index contributed by atoms with van der Waals surface area (Å²) in [7, 11) is 4.29. The smallest absolute Gasteiger partial charge is 0.343 e. The first-order valence-corrected chi connectivity index (χ1v) is 8.73. The van der Waals surface area contributed by atoms with Crippen LogP contribution in [0.1, 0.15) is 37.7 Å². The lowest BCUT2D eigenvalue weighted by molar-refractivity contribution is -0.879. The lowest BCUT2D eigenvalue weighted by Crippen LogP contribution is -3.00. The van der Waals surface area contributed by atoms with Crippen LogP contribution in [0.15, 0.2) is 30.3 Å². The molecule has 1 aliphatic carbocycles. The maximum absolute atomic E-state index is 12.9. The molecule has 4 nitrogen and oxygen atoms in total. The number of esters is 1. The van der Waals surface area contributed by atoms with Crippen LogP contribution in [0.3, 0.4) is 0 Å². The van der Waals surface area contributed by atoms with Gasteiger partial charge in [-0.3, -0.25) is 0 Å². The van der Waals surface area contributed by atoms with Crippen molar-refractivity contribution in [3.63, 3.8) is 0 Å². The molecule has 5 heteroatoms. The number of benzene rings is 1. The number of carbonyl (C=O) groups is 1. The van der Waals surface area contributed by atoms with Gasteiger partial charge in [0.25, 0.3) is 0 Å². The molecule has 0 unspecified atom stereocenters. The second-order valence-electron chi connectivity index (χ2n) is 7.77. The number of aliphatic hydroxyl groups is 1. The molecule has 0 spiro atoms. The number of quaternary nitrogens is 1. The number of rotatable bonds is 4. The quantitative estimate of drug-likeness (QED) is 0.548. The molecular weight excluding hydrogens is 370 g/mol. The van der Waals surface area contributed by atoms with Gasteiger partial charge in [-0.15, -0.1) is 0 Å². The fraction of sp³-hybridized carbons (Fsp3) is 0.632. The molecule has 1 aromatic carbocycles. The van der Waals surface area contributed by atoms with Crippen LogP contribution in [-0.4, -0.2) is 48.8 Å². The molecule has 1 aliphatic heterocycles. The Morgan fingerprint density at radius 2 is 1.79 bits per heavy atom. The van der Waals surface area contributed by atoms with Gasteiger partial charge in [-0.2, -0.15) is 0 Å². The minimum Gasteiger partial charge on any atom is -1.00 e. The number of nitrogens with zero attached hydrogens (tertiary/aromatic N) is 1. The van der Waals surface area contributed by atoms with E-state index in [9.17, 15) is 9.90 Å². The average molecular weight is 398 g/mol. The first kappa shape index (κ1) is 19.4. The summed E-state index contributed by atoms with van der Waals surface area (Å²) in [4.78, 5) is 12.9. The van der Waals surface area contributed by atoms with Crippen molar-refractivity contribution < 1.29 is 36.1 Å². The van der Waals surface area contributed by atoms with Crippen molar-refractivity contribution in [3.05, 3.63) is 35.9 Å². The van der Waals surface area contributed by atoms with E-state index in [0.29, 0.717) is 5.56 Å². The van der Waals surface area contributed by atoms with E-state index in [0.717, 1.165) is 49.7 Å². The number of likely N-dealkylation sites (tertiary alicyclic amines) is 1. The van der Waals surface area contributed by atoms with E-state index in [1.807, 2.05) is 30.3 Å². The van der Waals surface area contributed by atoms with Crippen LogP contribution in [0.5, 0.6) is 0 Å². The molecule has 134 valence electrons. The Morgan fingerprint density at radius 1 is 1.17 bits per heavy atom. The number of ether oxygens (including phenoxy) is 1. The van der Waals surface area contributed by atoms with Gasteiger partial charge in [0.15, 0.2) is 11.7 Å². The minimum absolute atomic E-state index is 0. The Bertz CT molecular complexity index is 557. The first-order valence-electron chi connectivity index (χ1n) is 8.73. The zero-order valence-electron chi connectivity index (χ0n) is 14.6. The van der Waals surface area contributed by atoms with Crippen LogP contribution in [0.2, 0.25) is 0 Å². The van der Waals surface area contributed by atoms with Gasteiger partial charge in [-0.1, -0.05) is 43.2 Å². The van der Waals surface area contributed by atoms with Gasteiger partial charge in [-0.05, 0) is 18.4 Å². The van der Waals surface area contributed by atoms with Crippen LogP contribution in [-0.2, 0) is 15.1 Å². The third-order valence-electron chi connectivity index (χ3n) is 5.50. The van der Waals surface area contributed by atoms with Crippen molar-refractivity contribution in [1.29, 1.82) is 0 Å². The number of halogens is 1. The lowest BCUT2D eigenvalue weighted by Gasteiger charge is -2.33. The minimum atomic E-state index is -1.50. The van der Waals surface area contributed by atoms with Gasteiger partial charge in [0.05, 0.1) is 20.6 Å². The Labute approximate surface area is 155 Å². The van der Waals surface area contributed by atoms with Crippen molar-refractivity contribution >= 4 is 5.97 Å². The van der Waals surface area contributed by atoms with Crippen LogP contribution >= 0.6 is 0 Å². The van der Waals surface area contributed by atoms with Crippen molar-refractivity contribution in [2.75, 3.05) is 27.2 Å². The molecule has 1 saturated heterocycles. The second-order valence-corrected chi connectivity index (χ2v) is 7.77. The monoisotopic (exact) mass is 397 g/mol. The summed E-state index contributed by atoms with van der Waals surface area (Å²) >= 11 is 0. The van der Waals surface area contributed by atoms with E-state index in [4.69, 9.17) is 4.74 Å². The zero-order chi connectivity index (χ0) is 16.5. The summed E-state index contributed by atoms with van der Waals surface area (Å²) in [5, 5.41) is 11.4. The van der Waals surface area contributed by atoms with Gasteiger partial charge in [0.1, 0.15) is 6.54 Å². The zero-order valence-corrected chi connectivity index (χ0v) is 16.2. The van der Waals surface area contributed by atoms with Gasteiger partial charge in [0, 0.05) is 12.3 Å². The van der Waals surface area contributed by atoms with E-state index in [-0.39, 0.29) is 29.0 Å². The van der Waals surface area contributed by atoms with E-state index in [1.54, 1.807) is 0 Å². The first-order chi connectivity index (χ1) is 10.9. The highest BCUT2D eigenvalue weighted by molar-refractivity contribution is 5.81. The molecule has 0 aromatic heterocycles. The number of likely N-dealkylation sites (N-methyl/N-ethyl adjacent to an activating group) is 1. The molecule has 0 amide bonds. The van der Waals surface area contributed by atoms with E-state index in [2.05, 4.69) is 14.1 Å². The van der Waals surface area contributed by atoms with Crippen LogP contribution in [0.4, 0.5) is 0 Å². The highest BCUT2D eigenvalue weighted by Gasteiger charge is 2.49. The molecule has 3 rings (SSSR count). The standard InChI is InChI=1S/C19H28NO3.BrH/c1-20(2)13-12-17(14-20)23-18(21)19(22,16-10-6-7-11-16)15-8-4-3-5-9-15;/h3-5,8-9,16-17,22H,6-7,10-14H2,1-2H3;1H/q+1;/p-1/t17-,19-;/m1./s1. The van der Waals surface area contributed by atoms with Crippen molar-refractivity contribution in [1.82, 2.24) is 0 Å². The number of hydrogen-bond acceptors (Lipinski definition) is 3. The fourth-order valence-electron chi connectivity index (χ4n) is 4.12. The molecular formula is C19H28BrNO3. The summed E-state index contributed by atoms with van der Waals surface area (Å²) in [5.74, 6) is -0.496. The van der Waals surface area contributed by atoms with Gasteiger partial charge in [0.2, 0.25) is 0 Å². The molecule has 1 heterocycles. The maximum atomic E-state index is 12.9. The SMILES string of the molecule is C[N+]1(C)CC[C@@H](OC(=O)[C@@](O)(c2ccccc2)C2CCCC2)C1.[Br-]. The van der Waals surface area contributed by atoms with Crippen molar-refractivity contribution in [2.24, 2.45) is 5.92 Å². The number of carbonyl (C=O) groups excluding carboxylic acids is 1. The number of hydrogen-bond donors (Lipinski definition) is 1. The Balaban J connectivity index is 0.00000208. The van der Waals surface area contributed by atoms with Gasteiger partial charge < -0.3 is 31.3 Å². The van der Waals surface area contributed by atoms with Crippen LogP contribution in [0.25, 0.3) is 0 Å². The summed E-state index contributed by atoms with van der Waals surface area (Å²) in [6, 6.07) is 9.33. The van der Waals surface area contributed by atoms with Gasteiger partial charge in [-0.25, -0.2) is 4.79 Å². The van der Waals surface area contributed by atoms with E-state index in [1.165, 1.54) is 0 Å². The Hall–Kier alpha value is -0.910. The Morgan fingerprint density at radius 3 is 2.33 bits per heavy atom. The van der Waals surface area contributed by atoms with Crippen molar-refractivity contribution in [2.45, 2.75) is 43.8 Å². The molecule has 2 aliphatic rings. The van der Waals surface area contributed by atoms with Crippen molar-refractivity contribution in [3.8, 4) is 0 Å². The third kappa shape index (κ3) is 3.84. The second kappa shape index (κ2) is 7.54. The molecule has 2 fully saturated rings. The van der Waals surface area contributed by atoms with E-state index >= 15 is 0 Å². The molecule has 2 atom stereocenters. The highest BCUT2D eigenvalue weighted by atomic mass is 79.9. The van der Waals surface area contributed by atoms with Crippen LogP contribution in [0, 0.1) is 5.92 Å². The van der Waals surface area contributed by atoms with Gasteiger partial charge >= 0.3 is 5.97 Å². The van der Waals surface area contributed by atoms with Crippen LogP contribution < -0.4 is 17.0 Å². The molecule has 24 heavy (non-hydrogen) atoms. The summed E-state index contributed by atoms with van der Waals surface area (Å²) in [6.07, 6.45) is 4.68. The highest BCUT2D eigenvalue weighted by Crippen LogP contribution is 2.42. The topological polar surface area (TPSA) is 46.5 Å². The molecule has 0 radical (unpaired) electrons. The normalized spacial score (nSPS) is 25.7. The van der Waals surface area contributed by atoms with E-state index < -0.39 is 11.6 Å². The molecule has 1 N–H and O–H groups in total. The maximum Gasteiger partial charge on any atom is 0.343 e. The predicted octanol–water partition coefficient (Wildman–Crippen LogP) is -0.540. The largest absolute Gasteiger partial charge is 1.00 e. The average Bonchev–Trinajstić information content (AvgIpc) is 3.17. The molecule has 0 bridgehead atoms. The molecule has 1 aromatic rings. The summed E-state index contributed by atoms with van der Waals surface area (Å²) in [5.41, 5.74) is -0.832. The fourth-order valence-corrected chi connectivity index (χ4v) is 4.12. The third-order valence-corrected chi connectivity index (χ3v) is 5.50. The lowest BCUT2D eigenvalue weighted by atomic mass is 9.80. The Kier molecular flexibility index (Phi) is 6.10. The molecule has 1 saturated carbocycles. The summed E-state index contributed by atoms with van der Waals surface area (Å²) < 4.78 is 6.64.